The fourth-order valence-corrected chi connectivity index (χ4v) is 2.62. The lowest BCUT2D eigenvalue weighted by Crippen LogP contribution is -2.15. The second-order valence-corrected chi connectivity index (χ2v) is 5.99. The van der Waals surface area contributed by atoms with Crippen LogP contribution >= 0.6 is 27.5 Å². The third-order valence-corrected chi connectivity index (χ3v) is 4.14. The van der Waals surface area contributed by atoms with E-state index in [9.17, 15) is 0 Å². The molecular formula is C15H19BrClN3O. The fraction of sp³-hybridized carbons (Fsp3) is 0.400. The Hall–Kier alpha value is -1.04. The van der Waals surface area contributed by atoms with Gasteiger partial charge in [0.1, 0.15) is 23.3 Å². The molecule has 0 bridgehead atoms. The van der Waals surface area contributed by atoms with Crippen molar-refractivity contribution in [2.75, 3.05) is 6.54 Å². The zero-order chi connectivity index (χ0) is 15.2. The first-order valence-corrected chi connectivity index (χ1v) is 8.07. The molecule has 0 aliphatic heterocycles. The summed E-state index contributed by atoms with van der Waals surface area (Å²) in [6.45, 7) is 4.30. The first-order valence-electron chi connectivity index (χ1n) is 6.90. The van der Waals surface area contributed by atoms with Crippen molar-refractivity contribution in [2.45, 2.75) is 26.5 Å². The molecule has 0 atom stereocenters. The van der Waals surface area contributed by atoms with Gasteiger partial charge in [-0.05, 0) is 35.0 Å². The maximum absolute atomic E-state index is 5.98. The van der Waals surface area contributed by atoms with E-state index in [1.165, 1.54) is 0 Å². The zero-order valence-corrected chi connectivity index (χ0v) is 14.5. The predicted octanol–water partition coefficient (Wildman–Crippen LogP) is 3.91. The highest BCUT2D eigenvalue weighted by molar-refractivity contribution is 9.10. The van der Waals surface area contributed by atoms with Gasteiger partial charge in [0.05, 0.1) is 10.7 Å². The van der Waals surface area contributed by atoms with Gasteiger partial charge in [-0.15, -0.1) is 0 Å². The number of para-hydroxylation sites is 1. The van der Waals surface area contributed by atoms with Crippen LogP contribution < -0.4 is 10.1 Å². The Bertz CT molecular complexity index is 601. The van der Waals surface area contributed by atoms with Crippen LogP contribution in [0.25, 0.3) is 0 Å². The van der Waals surface area contributed by atoms with Gasteiger partial charge in [0.2, 0.25) is 0 Å². The molecule has 0 amide bonds. The molecule has 21 heavy (non-hydrogen) atoms. The Balaban J connectivity index is 2.09. The molecule has 1 aromatic heterocycles. The van der Waals surface area contributed by atoms with Gasteiger partial charge >= 0.3 is 0 Å². The molecule has 1 heterocycles. The number of imidazole rings is 1. The van der Waals surface area contributed by atoms with Gasteiger partial charge in [0.25, 0.3) is 0 Å². The van der Waals surface area contributed by atoms with Crippen LogP contribution in [0.4, 0.5) is 0 Å². The van der Waals surface area contributed by atoms with Crippen LogP contribution in [0.15, 0.2) is 28.9 Å². The Kier molecular flexibility index (Phi) is 6.08. The minimum Gasteiger partial charge on any atom is -0.484 e. The molecule has 6 heteroatoms. The second-order valence-electron chi connectivity index (χ2n) is 4.75. The summed E-state index contributed by atoms with van der Waals surface area (Å²) in [6, 6.07) is 6.05. The van der Waals surface area contributed by atoms with Gasteiger partial charge < -0.3 is 14.6 Å². The van der Waals surface area contributed by atoms with Crippen molar-refractivity contribution in [3.8, 4) is 5.75 Å². The highest BCUT2D eigenvalue weighted by Gasteiger charge is 2.10. The lowest BCUT2D eigenvalue weighted by molar-refractivity contribution is 0.286. The predicted molar refractivity (Wildman–Crippen MR) is 88.7 cm³/mol. The minimum absolute atomic E-state index is 0.382. The van der Waals surface area contributed by atoms with Gasteiger partial charge in [-0.2, -0.15) is 0 Å². The van der Waals surface area contributed by atoms with Crippen molar-refractivity contribution in [1.29, 1.82) is 0 Å². The summed E-state index contributed by atoms with van der Waals surface area (Å²) in [5.41, 5.74) is 1.12. The number of nitrogens with one attached hydrogen (secondary N) is 1. The first kappa shape index (κ1) is 16.3. The van der Waals surface area contributed by atoms with Crippen LogP contribution in [-0.2, 0) is 20.2 Å². The molecule has 4 nitrogen and oxygen atoms in total. The molecule has 1 aromatic carbocycles. The van der Waals surface area contributed by atoms with E-state index >= 15 is 0 Å². The molecule has 2 aromatic rings. The number of ether oxygens (including phenoxy) is 1. The molecule has 0 unspecified atom stereocenters. The Labute approximate surface area is 138 Å². The maximum atomic E-state index is 5.98. The van der Waals surface area contributed by atoms with Crippen molar-refractivity contribution in [2.24, 2.45) is 7.05 Å². The third kappa shape index (κ3) is 4.22. The van der Waals surface area contributed by atoms with Gasteiger partial charge in [-0.25, -0.2) is 4.98 Å². The van der Waals surface area contributed by atoms with E-state index in [-0.39, 0.29) is 0 Å². The number of aromatic nitrogens is 2. The lowest BCUT2D eigenvalue weighted by Gasteiger charge is -2.14. The van der Waals surface area contributed by atoms with E-state index in [2.05, 4.69) is 39.2 Å². The molecule has 0 spiro atoms. The molecule has 114 valence electrons. The van der Waals surface area contributed by atoms with Crippen LogP contribution in [0.1, 0.15) is 24.7 Å². The van der Waals surface area contributed by atoms with Gasteiger partial charge in [0.15, 0.2) is 0 Å². The molecule has 0 aliphatic carbocycles. The SMILES string of the molecule is CCCNCc1cccc(Br)c1OCc1ncc(Cl)n1C. The van der Waals surface area contributed by atoms with E-state index in [1.807, 2.05) is 23.7 Å². The van der Waals surface area contributed by atoms with Crippen molar-refractivity contribution in [3.63, 3.8) is 0 Å². The molecule has 1 N–H and O–H groups in total. The van der Waals surface area contributed by atoms with Gasteiger partial charge in [-0.3, -0.25) is 0 Å². The quantitative estimate of drug-likeness (QED) is 0.749. The Morgan fingerprint density at radius 3 is 2.90 bits per heavy atom. The molecule has 0 saturated carbocycles. The molecule has 0 aliphatic rings. The fourth-order valence-electron chi connectivity index (χ4n) is 1.95. The summed E-state index contributed by atoms with van der Waals surface area (Å²) >= 11 is 9.53. The first-order chi connectivity index (χ1) is 10.1. The summed E-state index contributed by atoms with van der Waals surface area (Å²) in [7, 11) is 1.87. The highest BCUT2D eigenvalue weighted by Crippen LogP contribution is 2.30. The number of hydrogen-bond donors (Lipinski definition) is 1. The summed E-state index contributed by atoms with van der Waals surface area (Å²) in [6.07, 6.45) is 2.74. The normalized spacial score (nSPS) is 10.9. The molecule has 2 rings (SSSR count). The molecule has 0 saturated heterocycles. The largest absolute Gasteiger partial charge is 0.484 e. The van der Waals surface area contributed by atoms with Crippen molar-refractivity contribution >= 4 is 27.5 Å². The van der Waals surface area contributed by atoms with Crippen LogP contribution in [0.2, 0.25) is 5.15 Å². The zero-order valence-electron chi connectivity index (χ0n) is 12.2. The average molecular weight is 373 g/mol. The summed E-state index contributed by atoms with van der Waals surface area (Å²) in [4.78, 5) is 4.24. The minimum atomic E-state index is 0.382. The third-order valence-electron chi connectivity index (χ3n) is 3.16. The van der Waals surface area contributed by atoms with E-state index in [0.717, 1.165) is 41.1 Å². The second kappa shape index (κ2) is 7.82. The summed E-state index contributed by atoms with van der Waals surface area (Å²) < 4.78 is 8.71. The molecular weight excluding hydrogens is 354 g/mol. The number of nitrogens with zero attached hydrogens (tertiary/aromatic N) is 2. The molecule has 0 radical (unpaired) electrons. The van der Waals surface area contributed by atoms with E-state index < -0.39 is 0 Å². The maximum Gasteiger partial charge on any atom is 0.147 e. The smallest absolute Gasteiger partial charge is 0.147 e. The number of rotatable bonds is 7. The number of halogens is 2. The highest BCUT2D eigenvalue weighted by atomic mass is 79.9. The van der Waals surface area contributed by atoms with Crippen molar-refractivity contribution in [1.82, 2.24) is 14.9 Å². The topological polar surface area (TPSA) is 39.1 Å². The molecule has 0 fully saturated rings. The van der Waals surface area contributed by atoms with Gasteiger partial charge in [-0.1, -0.05) is 30.7 Å². The number of hydrogen-bond acceptors (Lipinski definition) is 3. The van der Waals surface area contributed by atoms with Crippen LogP contribution in [0.3, 0.4) is 0 Å². The van der Waals surface area contributed by atoms with E-state index in [4.69, 9.17) is 16.3 Å². The van der Waals surface area contributed by atoms with Crippen molar-refractivity contribution < 1.29 is 4.74 Å². The monoisotopic (exact) mass is 371 g/mol. The van der Waals surface area contributed by atoms with Crippen LogP contribution in [0, 0.1) is 0 Å². The summed E-state index contributed by atoms with van der Waals surface area (Å²) in [5.74, 6) is 1.64. The Morgan fingerprint density at radius 1 is 1.43 bits per heavy atom. The number of benzene rings is 1. The van der Waals surface area contributed by atoms with Gasteiger partial charge in [0, 0.05) is 19.2 Å². The van der Waals surface area contributed by atoms with E-state index in [1.54, 1.807) is 6.20 Å². The summed E-state index contributed by atoms with van der Waals surface area (Å²) in [5, 5.41) is 3.99. The van der Waals surface area contributed by atoms with Crippen molar-refractivity contribution in [3.05, 3.63) is 45.4 Å². The van der Waals surface area contributed by atoms with E-state index in [0.29, 0.717) is 11.8 Å². The average Bonchev–Trinajstić information content (AvgIpc) is 2.78. The standard InChI is InChI=1S/C15H19BrClN3O/c1-3-7-18-8-11-5-4-6-12(16)15(11)21-10-14-19-9-13(17)20(14)2/h4-6,9,18H,3,7-8,10H2,1-2H3. The lowest BCUT2D eigenvalue weighted by atomic mass is 10.2. The Morgan fingerprint density at radius 2 is 2.24 bits per heavy atom. The van der Waals surface area contributed by atoms with Crippen LogP contribution in [-0.4, -0.2) is 16.1 Å². The van der Waals surface area contributed by atoms with Crippen LogP contribution in [0.5, 0.6) is 5.75 Å².